The van der Waals surface area contributed by atoms with Gasteiger partial charge >= 0.3 is 0 Å². The first-order valence-corrected chi connectivity index (χ1v) is 10.0. The third-order valence-corrected chi connectivity index (χ3v) is 6.49. The molecule has 5 nitrogen and oxygen atoms in total. The summed E-state index contributed by atoms with van der Waals surface area (Å²) >= 11 is -1.14. The molecule has 1 aromatic heterocycles. The lowest BCUT2D eigenvalue weighted by atomic mass is 10.1. The van der Waals surface area contributed by atoms with Crippen LogP contribution in [-0.2, 0) is 18.0 Å². The number of ether oxygens (including phenoxy) is 1. The van der Waals surface area contributed by atoms with E-state index in [0.29, 0.717) is 12.5 Å². The Morgan fingerprint density at radius 3 is 2.80 bits per heavy atom. The van der Waals surface area contributed by atoms with E-state index in [4.69, 9.17) is 4.74 Å². The molecule has 2 aromatic rings. The molecule has 2 atom stereocenters. The number of aromatic nitrogens is 2. The van der Waals surface area contributed by atoms with Gasteiger partial charge in [-0.1, -0.05) is 6.07 Å². The molecule has 1 aromatic carbocycles. The Morgan fingerprint density at radius 2 is 2.12 bits per heavy atom. The van der Waals surface area contributed by atoms with E-state index in [1.807, 2.05) is 34.0 Å². The van der Waals surface area contributed by atoms with E-state index < -0.39 is 11.4 Å². The molecule has 1 N–H and O–H groups in total. The molecule has 2 heterocycles. The SMILES string of the molecule is CC(N[S+]([O-])C(C)(C)C)c1ncn2c1COc1cc(C3CC3)ccc1-2. The van der Waals surface area contributed by atoms with Crippen LogP contribution in [0.15, 0.2) is 24.5 Å². The number of nitrogens with zero attached hydrogens (tertiary/aromatic N) is 2. The summed E-state index contributed by atoms with van der Waals surface area (Å²) in [4.78, 5) is 4.59. The number of imidazole rings is 1. The summed E-state index contributed by atoms with van der Waals surface area (Å²) in [6, 6.07) is 6.39. The van der Waals surface area contributed by atoms with Gasteiger partial charge in [0.05, 0.1) is 23.1 Å². The highest BCUT2D eigenvalue weighted by Crippen LogP contribution is 2.43. The molecule has 0 spiro atoms. The zero-order valence-electron chi connectivity index (χ0n) is 15.2. The third-order valence-electron chi connectivity index (χ3n) is 4.81. The van der Waals surface area contributed by atoms with E-state index in [-0.39, 0.29) is 10.8 Å². The van der Waals surface area contributed by atoms with Crippen LogP contribution < -0.4 is 9.46 Å². The second-order valence-corrected chi connectivity index (χ2v) is 9.96. The molecule has 2 aliphatic rings. The highest BCUT2D eigenvalue weighted by Gasteiger charge is 2.32. The fourth-order valence-electron chi connectivity index (χ4n) is 3.16. The lowest BCUT2D eigenvalue weighted by Crippen LogP contribution is -2.40. The quantitative estimate of drug-likeness (QED) is 0.845. The van der Waals surface area contributed by atoms with Crippen molar-refractivity contribution in [3.05, 3.63) is 41.5 Å². The van der Waals surface area contributed by atoms with Gasteiger partial charge < -0.3 is 9.29 Å². The molecule has 4 rings (SSSR count). The van der Waals surface area contributed by atoms with Crippen molar-refractivity contribution >= 4 is 11.4 Å². The van der Waals surface area contributed by atoms with E-state index in [1.54, 1.807) is 0 Å². The Bertz CT molecular complexity index is 792. The Morgan fingerprint density at radius 1 is 1.36 bits per heavy atom. The van der Waals surface area contributed by atoms with Crippen LogP contribution in [0, 0.1) is 0 Å². The number of hydrogen-bond acceptors (Lipinski definition) is 4. The molecule has 0 radical (unpaired) electrons. The molecule has 1 saturated carbocycles. The van der Waals surface area contributed by atoms with Crippen molar-refractivity contribution in [3.8, 4) is 11.4 Å². The minimum atomic E-state index is -1.14. The summed E-state index contributed by atoms with van der Waals surface area (Å²) in [7, 11) is 0. The van der Waals surface area contributed by atoms with Crippen molar-refractivity contribution in [2.75, 3.05) is 0 Å². The molecule has 6 heteroatoms. The fraction of sp³-hybridized carbons (Fsp3) is 0.526. The maximum atomic E-state index is 12.4. The number of nitrogens with one attached hydrogen (secondary N) is 1. The van der Waals surface area contributed by atoms with Crippen LogP contribution >= 0.6 is 0 Å². The number of fused-ring (bicyclic) bond motifs is 3. The molecule has 2 unspecified atom stereocenters. The molecule has 1 aliphatic carbocycles. The Hall–Kier alpha value is -1.50. The van der Waals surface area contributed by atoms with Gasteiger partial charge in [-0.25, -0.2) is 4.98 Å². The highest BCUT2D eigenvalue weighted by atomic mass is 32.2. The first-order chi connectivity index (χ1) is 11.8. The van der Waals surface area contributed by atoms with Gasteiger partial charge in [0.2, 0.25) is 0 Å². The van der Waals surface area contributed by atoms with E-state index >= 15 is 0 Å². The van der Waals surface area contributed by atoms with Crippen LogP contribution in [0.5, 0.6) is 5.75 Å². The van der Waals surface area contributed by atoms with Crippen LogP contribution in [0.25, 0.3) is 5.69 Å². The largest absolute Gasteiger partial charge is 0.598 e. The number of rotatable bonds is 4. The molecule has 0 amide bonds. The van der Waals surface area contributed by atoms with Gasteiger partial charge in [-0.3, -0.25) is 4.57 Å². The van der Waals surface area contributed by atoms with Crippen LogP contribution in [0.3, 0.4) is 0 Å². The maximum Gasteiger partial charge on any atom is 0.144 e. The van der Waals surface area contributed by atoms with Crippen LogP contribution in [0.2, 0.25) is 0 Å². The zero-order chi connectivity index (χ0) is 17.8. The summed E-state index contributed by atoms with van der Waals surface area (Å²) in [5.74, 6) is 1.64. The third kappa shape index (κ3) is 3.18. The summed E-state index contributed by atoms with van der Waals surface area (Å²) in [5, 5.41) is 0. The van der Waals surface area contributed by atoms with Crippen LogP contribution in [0.1, 0.15) is 69.4 Å². The average Bonchev–Trinajstić information content (AvgIpc) is 3.31. The van der Waals surface area contributed by atoms with Crippen molar-refractivity contribution in [2.45, 2.75) is 63.9 Å². The van der Waals surface area contributed by atoms with Crippen molar-refractivity contribution in [3.63, 3.8) is 0 Å². The highest BCUT2D eigenvalue weighted by molar-refractivity contribution is 7.90. The van der Waals surface area contributed by atoms with E-state index in [9.17, 15) is 4.55 Å². The minimum absolute atomic E-state index is 0.104. The van der Waals surface area contributed by atoms with Crippen molar-refractivity contribution in [1.29, 1.82) is 0 Å². The molecule has 0 saturated heterocycles. The van der Waals surface area contributed by atoms with Gasteiger partial charge in [0.15, 0.2) is 0 Å². The Balaban J connectivity index is 1.60. The first kappa shape index (κ1) is 16.9. The summed E-state index contributed by atoms with van der Waals surface area (Å²) in [6.45, 7) is 8.37. The minimum Gasteiger partial charge on any atom is -0.598 e. The topological polar surface area (TPSA) is 62.1 Å². The lowest BCUT2D eigenvalue weighted by molar-refractivity contribution is 0.282. The zero-order valence-corrected chi connectivity index (χ0v) is 16.0. The van der Waals surface area contributed by atoms with E-state index in [2.05, 4.69) is 32.5 Å². The average molecular weight is 359 g/mol. The number of benzene rings is 1. The summed E-state index contributed by atoms with van der Waals surface area (Å²) in [5.41, 5.74) is 4.33. The van der Waals surface area contributed by atoms with Crippen molar-refractivity contribution in [1.82, 2.24) is 14.3 Å². The fourth-order valence-corrected chi connectivity index (χ4v) is 3.94. The van der Waals surface area contributed by atoms with Crippen LogP contribution in [0.4, 0.5) is 0 Å². The molecule has 1 aliphatic heterocycles. The van der Waals surface area contributed by atoms with Gasteiger partial charge in [0, 0.05) is 11.4 Å². The van der Waals surface area contributed by atoms with Gasteiger partial charge in [0.1, 0.15) is 23.4 Å². The standard InChI is InChI=1S/C19H25N3O2S/c1-12(21-25(23)19(2,3)4)18-16-10-24-17-9-14(13-5-6-13)7-8-15(17)22(16)11-20-18/h7-9,11-13,21H,5-6,10H2,1-4H3. The second kappa shape index (κ2) is 6.04. The predicted octanol–water partition coefficient (Wildman–Crippen LogP) is 3.75. The Labute approximate surface area is 152 Å². The van der Waals surface area contributed by atoms with Gasteiger partial charge in [-0.15, -0.1) is 4.72 Å². The monoisotopic (exact) mass is 359 g/mol. The first-order valence-electron chi connectivity index (χ1n) is 8.86. The van der Waals surface area contributed by atoms with E-state index in [1.165, 1.54) is 18.4 Å². The molecule has 25 heavy (non-hydrogen) atoms. The van der Waals surface area contributed by atoms with Gasteiger partial charge in [0.25, 0.3) is 0 Å². The summed E-state index contributed by atoms with van der Waals surface area (Å²) < 4.78 is 23.4. The van der Waals surface area contributed by atoms with E-state index in [0.717, 1.165) is 22.8 Å². The predicted molar refractivity (Wildman–Crippen MR) is 99.3 cm³/mol. The molecule has 0 bridgehead atoms. The van der Waals surface area contributed by atoms with Gasteiger partial charge in [-0.05, 0) is 64.2 Å². The van der Waals surface area contributed by atoms with Crippen molar-refractivity contribution in [2.24, 2.45) is 0 Å². The normalized spacial score (nSPS) is 18.9. The summed E-state index contributed by atoms with van der Waals surface area (Å²) in [6.07, 6.45) is 4.42. The molecule has 1 fully saturated rings. The molecular weight excluding hydrogens is 334 g/mol. The smallest absolute Gasteiger partial charge is 0.144 e. The van der Waals surface area contributed by atoms with Crippen molar-refractivity contribution < 1.29 is 9.29 Å². The lowest BCUT2D eigenvalue weighted by Gasteiger charge is -2.27. The molecular formula is C19H25N3O2S. The van der Waals surface area contributed by atoms with Gasteiger partial charge in [-0.2, -0.15) is 0 Å². The van der Waals surface area contributed by atoms with Crippen LogP contribution in [-0.4, -0.2) is 18.9 Å². The Kier molecular flexibility index (Phi) is 4.09. The molecule has 134 valence electrons. The number of hydrogen-bond donors (Lipinski definition) is 1. The second-order valence-electron chi connectivity index (χ2n) is 7.96. The maximum absolute atomic E-state index is 12.4.